The average molecular weight is 383 g/mol. The molecule has 6 heteroatoms. The zero-order chi connectivity index (χ0) is 19.9. The standard InChI is InChI=1S/C22H30N4O2/c1-17(2)8-10-23-18-9-11-24-19(16-18)22(27)26-14-12-25(13-15-26)20-6-4-5-7-21(20)28-3/h4-7,9,11,16-17H,8,10,12-15H2,1-3H3,(H,23,24). The maximum atomic E-state index is 12.9. The van der Waals surface area contributed by atoms with E-state index in [1.54, 1.807) is 13.3 Å². The number of para-hydroxylation sites is 2. The molecule has 6 nitrogen and oxygen atoms in total. The zero-order valence-corrected chi connectivity index (χ0v) is 17.0. The lowest BCUT2D eigenvalue weighted by atomic mass is 10.1. The van der Waals surface area contributed by atoms with Crippen LogP contribution in [0, 0.1) is 5.92 Å². The van der Waals surface area contributed by atoms with E-state index in [-0.39, 0.29) is 5.91 Å². The van der Waals surface area contributed by atoms with Gasteiger partial charge in [-0.3, -0.25) is 9.78 Å². The number of nitrogens with one attached hydrogen (secondary N) is 1. The molecule has 1 aliphatic heterocycles. The Labute approximate surface area is 167 Å². The van der Waals surface area contributed by atoms with E-state index in [9.17, 15) is 4.79 Å². The van der Waals surface area contributed by atoms with Crippen molar-refractivity contribution in [1.82, 2.24) is 9.88 Å². The van der Waals surface area contributed by atoms with Crippen LogP contribution in [0.1, 0.15) is 30.8 Å². The SMILES string of the molecule is COc1ccccc1N1CCN(C(=O)c2cc(NCCC(C)C)ccn2)CC1. The molecule has 1 saturated heterocycles. The number of hydrogen-bond donors (Lipinski definition) is 1. The molecule has 2 aromatic rings. The number of carbonyl (C=O) groups excluding carboxylic acids is 1. The number of benzene rings is 1. The summed E-state index contributed by atoms with van der Waals surface area (Å²) in [6.45, 7) is 8.19. The number of anilines is 2. The van der Waals surface area contributed by atoms with E-state index in [0.29, 0.717) is 24.7 Å². The number of hydrogen-bond acceptors (Lipinski definition) is 5. The first-order chi connectivity index (χ1) is 13.6. The van der Waals surface area contributed by atoms with E-state index in [1.807, 2.05) is 35.2 Å². The van der Waals surface area contributed by atoms with Crippen LogP contribution in [-0.4, -0.2) is 55.6 Å². The summed E-state index contributed by atoms with van der Waals surface area (Å²) in [5.41, 5.74) is 2.53. The fourth-order valence-electron chi connectivity index (χ4n) is 3.37. The molecular weight excluding hydrogens is 352 g/mol. The Hall–Kier alpha value is -2.76. The van der Waals surface area contributed by atoms with Gasteiger partial charge in [-0.05, 0) is 36.6 Å². The molecule has 0 unspecified atom stereocenters. The Bertz CT molecular complexity index is 786. The summed E-state index contributed by atoms with van der Waals surface area (Å²) in [4.78, 5) is 21.3. The molecule has 1 aromatic heterocycles. The third-order valence-electron chi connectivity index (χ3n) is 5.02. The average Bonchev–Trinajstić information content (AvgIpc) is 2.73. The molecule has 1 amide bonds. The summed E-state index contributed by atoms with van der Waals surface area (Å²) >= 11 is 0. The second kappa shape index (κ2) is 9.44. The molecule has 150 valence electrons. The minimum Gasteiger partial charge on any atom is -0.495 e. The first-order valence-corrected chi connectivity index (χ1v) is 9.95. The quantitative estimate of drug-likeness (QED) is 0.794. The number of ether oxygens (including phenoxy) is 1. The van der Waals surface area contributed by atoms with Gasteiger partial charge in [0, 0.05) is 44.6 Å². The molecule has 1 fully saturated rings. The fraction of sp³-hybridized carbons (Fsp3) is 0.455. The minimum atomic E-state index is -0.00723. The van der Waals surface area contributed by atoms with E-state index in [2.05, 4.69) is 35.1 Å². The molecule has 2 heterocycles. The van der Waals surface area contributed by atoms with Gasteiger partial charge < -0.3 is 19.9 Å². The first-order valence-electron chi connectivity index (χ1n) is 9.95. The summed E-state index contributed by atoms with van der Waals surface area (Å²) in [5.74, 6) is 1.51. The van der Waals surface area contributed by atoms with Gasteiger partial charge in [0.15, 0.2) is 0 Å². The van der Waals surface area contributed by atoms with Gasteiger partial charge in [-0.15, -0.1) is 0 Å². The number of amides is 1. The molecule has 0 bridgehead atoms. The third kappa shape index (κ3) is 4.94. The molecular formula is C22H30N4O2. The van der Waals surface area contributed by atoms with Crippen LogP contribution in [0.4, 0.5) is 11.4 Å². The lowest BCUT2D eigenvalue weighted by molar-refractivity contribution is 0.0741. The molecule has 0 atom stereocenters. The molecule has 0 radical (unpaired) electrons. The van der Waals surface area contributed by atoms with Crippen LogP contribution in [-0.2, 0) is 0 Å². The van der Waals surface area contributed by atoms with Gasteiger partial charge in [-0.1, -0.05) is 26.0 Å². The van der Waals surface area contributed by atoms with Crippen LogP contribution < -0.4 is 15.0 Å². The Balaban J connectivity index is 1.59. The highest BCUT2D eigenvalue weighted by atomic mass is 16.5. The van der Waals surface area contributed by atoms with Gasteiger partial charge in [0.05, 0.1) is 12.8 Å². The highest BCUT2D eigenvalue weighted by Crippen LogP contribution is 2.28. The van der Waals surface area contributed by atoms with Crippen molar-refractivity contribution in [3.05, 3.63) is 48.3 Å². The third-order valence-corrected chi connectivity index (χ3v) is 5.02. The van der Waals surface area contributed by atoms with Gasteiger partial charge in [0.25, 0.3) is 5.91 Å². The topological polar surface area (TPSA) is 57.7 Å². The van der Waals surface area contributed by atoms with Crippen LogP contribution in [0.25, 0.3) is 0 Å². The summed E-state index contributed by atoms with van der Waals surface area (Å²) in [7, 11) is 1.69. The molecule has 1 N–H and O–H groups in total. The monoisotopic (exact) mass is 382 g/mol. The molecule has 0 saturated carbocycles. The molecule has 0 aliphatic carbocycles. The zero-order valence-electron chi connectivity index (χ0n) is 17.0. The lowest BCUT2D eigenvalue weighted by Crippen LogP contribution is -2.49. The predicted octanol–water partition coefficient (Wildman–Crippen LogP) is 3.51. The minimum absolute atomic E-state index is 0.00723. The van der Waals surface area contributed by atoms with Crippen molar-refractivity contribution in [2.24, 2.45) is 5.92 Å². The van der Waals surface area contributed by atoms with Crippen LogP contribution in [0.2, 0.25) is 0 Å². The van der Waals surface area contributed by atoms with E-state index in [1.165, 1.54) is 0 Å². The van der Waals surface area contributed by atoms with Crippen molar-refractivity contribution in [3.8, 4) is 5.75 Å². The largest absolute Gasteiger partial charge is 0.495 e. The maximum Gasteiger partial charge on any atom is 0.272 e. The van der Waals surface area contributed by atoms with E-state index in [4.69, 9.17) is 4.74 Å². The van der Waals surface area contributed by atoms with Gasteiger partial charge in [0.1, 0.15) is 11.4 Å². The first kappa shape index (κ1) is 20.0. The number of methoxy groups -OCH3 is 1. The van der Waals surface area contributed by atoms with Crippen LogP contribution in [0.3, 0.4) is 0 Å². The Morgan fingerprint density at radius 2 is 1.93 bits per heavy atom. The normalized spacial score (nSPS) is 14.3. The smallest absolute Gasteiger partial charge is 0.272 e. The second-order valence-electron chi connectivity index (χ2n) is 7.49. The Kier molecular flexibility index (Phi) is 6.74. The van der Waals surface area contributed by atoms with Gasteiger partial charge in [0.2, 0.25) is 0 Å². The van der Waals surface area contributed by atoms with Crippen molar-refractivity contribution < 1.29 is 9.53 Å². The summed E-state index contributed by atoms with van der Waals surface area (Å²) < 4.78 is 5.46. The number of nitrogens with zero attached hydrogens (tertiary/aromatic N) is 3. The van der Waals surface area contributed by atoms with E-state index >= 15 is 0 Å². The molecule has 1 aliphatic rings. The lowest BCUT2D eigenvalue weighted by Gasteiger charge is -2.36. The van der Waals surface area contributed by atoms with Gasteiger partial charge in [-0.2, -0.15) is 0 Å². The maximum absolute atomic E-state index is 12.9. The molecule has 28 heavy (non-hydrogen) atoms. The van der Waals surface area contributed by atoms with Crippen molar-refractivity contribution in [3.63, 3.8) is 0 Å². The highest BCUT2D eigenvalue weighted by Gasteiger charge is 2.24. The summed E-state index contributed by atoms with van der Waals surface area (Å²) in [5, 5.41) is 3.38. The van der Waals surface area contributed by atoms with Crippen molar-refractivity contribution in [1.29, 1.82) is 0 Å². The Morgan fingerprint density at radius 1 is 1.18 bits per heavy atom. The Morgan fingerprint density at radius 3 is 2.64 bits per heavy atom. The number of carbonyl (C=O) groups is 1. The van der Waals surface area contributed by atoms with Gasteiger partial charge >= 0.3 is 0 Å². The van der Waals surface area contributed by atoms with Crippen LogP contribution >= 0.6 is 0 Å². The van der Waals surface area contributed by atoms with Gasteiger partial charge in [-0.25, -0.2) is 0 Å². The van der Waals surface area contributed by atoms with E-state index < -0.39 is 0 Å². The highest BCUT2D eigenvalue weighted by molar-refractivity contribution is 5.93. The second-order valence-corrected chi connectivity index (χ2v) is 7.49. The summed E-state index contributed by atoms with van der Waals surface area (Å²) in [6, 6.07) is 11.8. The molecule has 3 rings (SSSR count). The molecule has 1 aromatic carbocycles. The van der Waals surface area contributed by atoms with Crippen LogP contribution in [0.15, 0.2) is 42.6 Å². The number of pyridine rings is 1. The van der Waals surface area contributed by atoms with Crippen molar-refractivity contribution >= 4 is 17.3 Å². The summed E-state index contributed by atoms with van der Waals surface area (Å²) in [6.07, 6.45) is 2.80. The molecule has 0 spiro atoms. The predicted molar refractivity (Wildman–Crippen MR) is 113 cm³/mol. The fourth-order valence-corrected chi connectivity index (χ4v) is 3.37. The van der Waals surface area contributed by atoms with E-state index in [0.717, 1.165) is 43.2 Å². The van der Waals surface area contributed by atoms with Crippen LogP contribution in [0.5, 0.6) is 5.75 Å². The number of aromatic nitrogens is 1. The van der Waals surface area contributed by atoms with Crippen molar-refractivity contribution in [2.75, 3.05) is 50.1 Å². The number of piperazine rings is 1. The van der Waals surface area contributed by atoms with Crippen molar-refractivity contribution in [2.45, 2.75) is 20.3 Å². The number of rotatable bonds is 7.